The van der Waals surface area contributed by atoms with Gasteiger partial charge in [0.1, 0.15) is 0 Å². The van der Waals surface area contributed by atoms with Gasteiger partial charge in [0.2, 0.25) is 0 Å². The SMILES string of the molecule is COC(CC[Si]CCC[Si]CCC(OC)OC)OC. The number of hydrogen-bond donors (Lipinski definition) is 0. The lowest BCUT2D eigenvalue weighted by Gasteiger charge is -2.12. The fourth-order valence-electron chi connectivity index (χ4n) is 1.69. The fourth-order valence-corrected chi connectivity index (χ4v) is 4.28. The van der Waals surface area contributed by atoms with E-state index in [2.05, 4.69) is 0 Å². The van der Waals surface area contributed by atoms with E-state index in [1.807, 2.05) is 0 Å². The molecule has 0 aliphatic rings. The largest absolute Gasteiger partial charge is 0.356 e. The lowest BCUT2D eigenvalue weighted by molar-refractivity contribution is -0.103. The van der Waals surface area contributed by atoms with Crippen LogP contribution in [0.3, 0.4) is 0 Å². The Bertz CT molecular complexity index is 158. The van der Waals surface area contributed by atoms with Crippen molar-refractivity contribution < 1.29 is 18.9 Å². The molecule has 0 aromatic rings. The van der Waals surface area contributed by atoms with Crippen LogP contribution < -0.4 is 0 Å². The lowest BCUT2D eigenvalue weighted by atomic mass is 10.5. The first-order valence-electron chi connectivity index (χ1n) is 6.81. The second-order valence-electron chi connectivity index (χ2n) is 4.23. The predicted octanol–water partition coefficient (Wildman–Crippen LogP) is 2.48. The molecule has 112 valence electrons. The zero-order chi connectivity index (χ0) is 14.3. The first-order valence-corrected chi connectivity index (χ1v) is 9.63. The maximum Gasteiger partial charge on any atom is 0.156 e. The van der Waals surface area contributed by atoms with Crippen LogP contribution in [-0.4, -0.2) is 60.1 Å². The topological polar surface area (TPSA) is 36.9 Å². The van der Waals surface area contributed by atoms with E-state index in [-0.39, 0.29) is 12.6 Å². The Morgan fingerprint density at radius 2 is 1.00 bits per heavy atom. The van der Waals surface area contributed by atoms with Crippen LogP contribution in [0.1, 0.15) is 19.3 Å². The number of rotatable bonds is 14. The molecule has 19 heavy (non-hydrogen) atoms. The minimum Gasteiger partial charge on any atom is -0.356 e. The van der Waals surface area contributed by atoms with Crippen LogP contribution in [0, 0.1) is 0 Å². The molecule has 0 aliphatic carbocycles. The molecule has 0 spiro atoms. The molecule has 0 saturated carbocycles. The van der Waals surface area contributed by atoms with Crippen molar-refractivity contribution in [1.29, 1.82) is 0 Å². The van der Waals surface area contributed by atoms with Gasteiger partial charge in [0.25, 0.3) is 0 Å². The van der Waals surface area contributed by atoms with E-state index in [9.17, 15) is 0 Å². The monoisotopic (exact) mass is 304 g/mol. The molecule has 0 aromatic heterocycles. The smallest absolute Gasteiger partial charge is 0.156 e. The summed E-state index contributed by atoms with van der Waals surface area (Å²) in [6.07, 6.45) is 3.32. The van der Waals surface area contributed by atoms with Gasteiger partial charge in [-0.05, 0) is 12.8 Å². The van der Waals surface area contributed by atoms with Gasteiger partial charge in [0.15, 0.2) is 12.6 Å². The van der Waals surface area contributed by atoms with Crippen LogP contribution in [0.4, 0.5) is 0 Å². The van der Waals surface area contributed by atoms with Gasteiger partial charge < -0.3 is 18.9 Å². The molecule has 0 heterocycles. The molecule has 0 saturated heterocycles. The van der Waals surface area contributed by atoms with Crippen LogP contribution in [0.2, 0.25) is 24.2 Å². The van der Waals surface area contributed by atoms with Crippen molar-refractivity contribution in [2.75, 3.05) is 28.4 Å². The Kier molecular flexibility index (Phi) is 14.9. The summed E-state index contributed by atoms with van der Waals surface area (Å²) in [4.78, 5) is 0. The molecule has 0 N–H and O–H groups in total. The van der Waals surface area contributed by atoms with Gasteiger partial charge in [0, 0.05) is 47.5 Å². The minimum atomic E-state index is -0.0191. The van der Waals surface area contributed by atoms with Crippen LogP contribution in [-0.2, 0) is 18.9 Å². The van der Waals surface area contributed by atoms with Gasteiger partial charge in [-0.1, -0.05) is 30.6 Å². The summed E-state index contributed by atoms with van der Waals surface area (Å²) in [5.41, 5.74) is 0. The van der Waals surface area contributed by atoms with E-state index >= 15 is 0 Å². The van der Waals surface area contributed by atoms with E-state index < -0.39 is 0 Å². The van der Waals surface area contributed by atoms with E-state index in [1.54, 1.807) is 28.4 Å². The quantitative estimate of drug-likeness (QED) is 0.281. The van der Waals surface area contributed by atoms with Gasteiger partial charge in [0.05, 0.1) is 0 Å². The van der Waals surface area contributed by atoms with Gasteiger partial charge >= 0.3 is 0 Å². The number of ether oxygens (including phenoxy) is 4. The standard InChI is InChI=1S/C13H28O4Si2/c1-14-12(15-2)6-10-18-8-5-9-19-11-7-13(16-3)17-4/h12-13H,5-11H2,1-4H3. The fraction of sp³-hybridized carbons (Fsp3) is 1.00. The highest BCUT2D eigenvalue weighted by molar-refractivity contribution is 6.37. The first kappa shape index (κ1) is 19.3. The van der Waals surface area contributed by atoms with Crippen LogP contribution in [0.15, 0.2) is 0 Å². The minimum absolute atomic E-state index is 0.0191. The van der Waals surface area contributed by atoms with E-state index in [1.165, 1.54) is 30.6 Å². The summed E-state index contributed by atoms with van der Waals surface area (Å²) in [7, 11) is 8.87. The molecule has 0 amide bonds. The highest BCUT2D eigenvalue weighted by atomic mass is 28.2. The Morgan fingerprint density at radius 3 is 1.32 bits per heavy atom. The third-order valence-corrected chi connectivity index (χ3v) is 5.57. The average molecular weight is 305 g/mol. The molecule has 0 rings (SSSR count). The molecule has 0 aliphatic heterocycles. The van der Waals surface area contributed by atoms with Crippen molar-refractivity contribution in [3.63, 3.8) is 0 Å². The van der Waals surface area contributed by atoms with E-state index in [0.29, 0.717) is 0 Å². The lowest BCUT2D eigenvalue weighted by Crippen LogP contribution is -2.13. The molecule has 0 atom stereocenters. The Labute approximate surface area is 123 Å². The third kappa shape index (κ3) is 11.8. The average Bonchev–Trinajstić information content (AvgIpc) is 2.45. The molecule has 0 bridgehead atoms. The molecule has 6 heteroatoms. The zero-order valence-corrected chi connectivity index (χ0v) is 14.7. The van der Waals surface area contributed by atoms with Gasteiger partial charge in [-0.2, -0.15) is 0 Å². The van der Waals surface area contributed by atoms with Gasteiger partial charge in [-0.15, -0.1) is 0 Å². The number of methoxy groups -OCH3 is 4. The van der Waals surface area contributed by atoms with Crippen molar-refractivity contribution >= 4 is 19.0 Å². The predicted molar refractivity (Wildman–Crippen MR) is 80.2 cm³/mol. The van der Waals surface area contributed by atoms with Gasteiger partial charge in [-0.3, -0.25) is 0 Å². The molecule has 0 aromatic carbocycles. The van der Waals surface area contributed by atoms with Crippen molar-refractivity contribution in [2.24, 2.45) is 0 Å². The van der Waals surface area contributed by atoms with Crippen LogP contribution in [0.5, 0.6) is 0 Å². The maximum absolute atomic E-state index is 5.16. The Balaban J connectivity index is 3.19. The molecule has 0 unspecified atom stereocenters. The highest BCUT2D eigenvalue weighted by Crippen LogP contribution is 2.07. The highest BCUT2D eigenvalue weighted by Gasteiger charge is 2.05. The second-order valence-corrected chi connectivity index (χ2v) is 7.23. The molecule has 4 nitrogen and oxygen atoms in total. The first-order chi connectivity index (χ1) is 9.28. The van der Waals surface area contributed by atoms with Gasteiger partial charge in [-0.25, -0.2) is 0 Å². The molecular formula is C13H28O4Si2. The second kappa shape index (κ2) is 14.7. The maximum atomic E-state index is 5.16. The summed E-state index contributed by atoms with van der Waals surface area (Å²) in [5, 5.41) is 0. The molecule has 4 radical (unpaired) electrons. The Hall–Kier alpha value is 0.274. The van der Waals surface area contributed by atoms with Crippen LogP contribution in [0.25, 0.3) is 0 Å². The zero-order valence-electron chi connectivity index (χ0n) is 12.7. The molecular weight excluding hydrogens is 276 g/mol. The van der Waals surface area contributed by atoms with E-state index in [4.69, 9.17) is 18.9 Å². The summed E-state index contributed by atoms with van der Waals surface area (Å²) in [5.74, 6) is 0. The van der Waals surface area contributed by atoms with Crippen molar-refractivity contribution in [3.05, 3.63) is 0 Å². The third-order valence-electron chi connectivity index (χ3n) is 2.87. The van der Waals surface area contributed by atoms with E-state index in [0.717, 1.165) is 31.9 Å². The van der Waals surface area contributed by atoms with Crippen LogP contribution >= 0.6 is 0 Å². The summed E-state index contributed by atoms with van der Waals surface area (Å²) < 4.78 is 20.7. The molecule has 0 fully saturated rings. The summed E-state index contributed by atoms with van der Waals surface area (Å²) in [6, 6.07) is 5.10. The normalized spacial score (nSPS) is 11.7. The van der Waals surface area contributed by atoms with Crippen molar-refractivity contribution in [2.45, 2.75) is 56.0 Å². The van der Waals surface area contributed by atoms with Crippen molar-refractivity contribution in [1.82, 2.24) is 0 Å². The summed E-state index contributed by atoms with van der Waals surface area (Å²) in [6.45, 7) is 0. The number of hydrogen-bond acceptors (Lipinski definition) is 4. The summed E-state index contributed by atoms with van der Waals surface area (Å²) >= 11 is 0. The Morgan fingerprint density at radius 1 is 0.632 bits per heavy atom. The van der Waals surface area contributed by atoms with Crippen molar-refractivity contribution in [3.8, 4) is 0 Å².